The van der Waals surface area contributed by atoms with E-state index in [0.29, 0.717) is 28.9 Å². The molecule has 7 nitrogen and oxygen atoms in total. The van der Waals surface area contributed by atoms with Crippen molar-refractivity contribution in [1.82, 2.24) is 4.90 Å². The van der Waals surface area contributed by atoms with Crippen molar-refractivity contribution in [2.45, 2.75) is 187 Å². The standard InChI is InChI=1S/C23H30O3.C16H33NO.C6H12O2/c1-23-10-4-5-20(23)18-14-21(24)19-13-15(26-22-6-2-3-12-25-22)7-8-16(19)17(18)9-11-23;1-4-6-8-9-10-11-12-13-14-16(18)17(3)15-7-5-2;1-7-6-4-2-3-5-8-6/h7-8,13,17-18,20,22H,2-6,9-12,14H2,1H3;4-15H2,1-3H3;6H,2-5H2,1H3. The van der Waals surface area contributed by atoms with Gasteiger partial charge < -0.3 is 23.8 Å². The molecule has 0 radical (unpaired) electrons. The zero-order valence-electron chi connectivity index (χ0n) is 33.9. The van der Waals surface area contributed by atoms with Gasteiger partial charge in [-0.15, -0.1) is 0 Å². The van der Waals surface area contributed by atoms with Gasteiger partial charge in [0.05, 0.1) is 6.61 Å². The van der Waals surface area contributed by atoms with Crippen LogP contribution in [0.4, 0.5) is 0 Å². The SMILES string of the molecule is CC12CCCC1C1CC(=O)c3cc(OC4CCCCO4)ccc3C1CC2.CCCCCCCCCCC(=O)N(C)CCCC.COC1CCCCO1. The molecule has 0 bridgehead atoms. The van der Waals surface area contributed by atoms with E-state index in [1.807, 2.05) is 18.0 Å². The Labute approximate surface area is 317 Å². The van der Waals surface area contributed by atoms with Crippen molar-refractivity contribution in [3.8, 4) is 5.75 Å². The molecule has 0 N–H and O–H groups in total. The van der Waals surface area contributed by atoms with Crippen LogP contribution >= 0.6 is 0 Å². The second-order valence-electron chi connectivity index (χ2n) is 16.7. The molecule has 4 fully saturated rings. The number of fused-ring (bicyclic) bond motifs is 5. The number of ether oxygens (including phenoxy) is 4. The molecule has 7 heteroatoms. The Balaban J connectivity index is 0.000000202. The van der Waals surface area contributed by atoms with Gasteiger partial charge in [0, 0.05) is 52.1 Å². The lowest BCUT2D eigenvalue weighted by Crippen LogP contribution is -2.41. The van der Waals surface area contributed by atoms with E-state index in [1.54, 1.807) is 7.11 Å². The number of carbonyl (C=O) groups excluding carboxylic acids is 2. The van der Waals surface area contributed by atoms with Crippen LogP contribution < -0.4 is 4.74 Å². The monoisotopic (exact) mass is 726 g/mol. The number of methoxy groups -OCH3 is 1. The van der Waals surface area contributed by atoms with Crippen LogP contribution in [-0.2, 0) is 19.0 Å². The number of nitrogens with zero attached hydrogens (tertiary/aromatic N) is 1. The maximum absolute atomic E-state index is 13.0. The van der Waals surface area contributed by atoms with Crippen molar-refractivity contribution in [2.75, 3.05) is 33.9 Å². The molecule has 1 aromatic carbocycles. The molecule has 2 heterocycles. The van der Waals surface area contributed by atoms with Gasteiger partial charge >= 0.3 is 0 Å². The van der Waals surface area contributed by atoms with Crippen LogP contribution in [-0.4, -0.2) is 63.1 Å². The number of ketones is 1. The van der Waals surface area contributed by atoms with Gasteiger partial charge in [0.15, 0.2) is 18.4 Å². The minimum absolute atomic E-state index is 0.0868. The van der Waals surface area contributed by atoms with Crippen LogP contribution in [0.1, 0.15) is 190 Å². The third-order valence-corrected chi connectivity index (χ3v) is 12.7. The zero-order chi connectivity index (χ0) is 37.2. The highest BCUT2D eigenvalue weighted by molar-refractivity contribution is 5.99. The fraction of sp³-hybridized carbons (Fsp3) is 0.822. The highest BCUT2D eigenvalue weighted by atomic mass is 16.7. The molecule has 6 unspecified atom stereocenters. The van der Waals surface area contributed by atoms with Gasteiger partial charge in [-0.3, -0.25) is 9.59 Å². The van der Waals surface area contributed by atoms with Gasteiger partial charge in [-0.2, -0.15) is 0 Å². The largest absolute Gasteiger partial charge is 0.465 e. The molecule has 2 saturated carbocycles. The quantitative estimate of drug-likeness (QED) is 0.168. The number of carbonyl (C=O) groups is 2. The van der Waals surface area contributed by atoms with Gasteiger partial charge in [-0.1, -0.05) is 84.6 Å². The summed E-state index contributed by atoms with van der Waals surface area (Å²) in [6.45, 7) is 9.46. The molecule has 1 aromatic rings. The molecular formula is C45H75NO6. The van der Waals surface area contributed by atoms with Gasteiger partial charge in [-0.25, -0.2) is 0 Å². The van der Waals surface area contributed by atoms with E-state index in [-0.39, 0.29) is 12.6 Å². The van der Waals surface area contributed by atoms with Crippen LogP contribution in [0.15, 0.2) is 18.2 Å². The molecule has 52 heavy (non-hydrogen) atoms. The summed E-state index contributed by atoms with van der Waals surface area (Å²) in [7, 11) is 3.62. The van der Waals surface area contributed by atoms with Crippen molar-refractivity contribution >= 4 is 11.7 Å². The summed E-state index contributed by atoms with van der Waals surface area (Å²) in [5.41, 5.74) is 2.69. The van der Waals surface area contributed by atoms with Crippen LogP contribution in [0.25, 0.3) is 0 Å². The molecular weight excluding hydrogens is 650 g/mol. The smallest absolute Gasteiger partial charge is 0.222 e. The Morgan fingerprint density at radius 1 is 0.827 bits per heavy atom. The number of rotatable bonds is 15. The fourth-order valence-electron chi connectivity index (χ4n) is 9.42. The minimum atomic E-state index is -0.151. The van der Waals surface area contributed by atoms with Gasteiger partial charge in [0.2, 0.25) is 5.91 Å². The lowest BCUT2D eigenvalue weighted by Gasteiger charge is -2.48. The van der Waals surface area contributed by atoms with Crippen LogP contribution in [0.3, 0.4) is 0 Å². The maximum atomic E-state index is 13.0. The summed E-state index contributed by atoms with van der Waals surface area (Å²) >= 11 is 0. The summed E-state index contributed by atoms with van der Waals surface area (Å²) in [6, 6.07) is 6.24. The zero-order valence-corrected chi connectivity index (χ0v) is 33.9. The second kappa shape index (κ2) is 23.1. The number of benzene rings is 1. The molecule has 0 aromatic heterocycles. The number of Topliss-reactive ketones (excluding diaryl/α,β-unsaturated/α-hetero) is 1. The van der Waals surface area contributed by atoms with E-state index in [2.05, 4.69) is 32.9 Å². The summed E-state index contributed by atoms with van der Waals surface area (Å²) < 4.78 is 21.9. The first kappa shape index (κ1) is 42.8. The van der Waals surface area contributed by atoms with E-state index in [0.717, 1.165) is 94.8 Å². The highest BCUT2D eigenvalue weighted by Gasteiger charge is 2.51. The predicted molar refractivity (Wildman–Crippen MR) is 211 cm³/mol. The number of amides is 1. The summed E-state index contributed by atoms with van der Waals surface area (Å²) in [6.07, 6.45) is 27.4. The normalized spacial score (nSPS) is 27.9. The molecule has 6 rings (SSSR count). The Hall–Kier alpha value is -1.96. The van der Waals surface area contributed by atoms with E-state index in [4.69, 9.17) is 18.9 Å². The van der Waals surface area contributed by atoms with Gasteiger partial charge in [-0.05, 0) is 111 Å². The maximum Gasteiger partial charge on any atom is 0.222 e. The Bertz CT molecular complexity index is 1180. The molecule has 1 amide bonds. The topological polar surface area (TPSA) is 74.3 Å². The molecule has 3 aliphatic carbocycles. The predicted octanol–water partition coefficient (Wildman–Crippen LogP) is 11.4. The van der Waals surface area contributed by atoms with E-state index >= 15 is 0 Å². The van der Waals surface area contributed by atoms with Crippen molar-refractivity contribution in [3.05, 3.63) is 29.3 Å². The molecule has 5 aliphatic rings. The van der Waals surface area contributed by atoms with E-state index in [1.165, 1.54) is 95.5 Å². The van der Waals surface area contributed by atoms with Gasteiger partial charge in [0.1, 0.15) is 5.75 Å². The second-order valence-corrected chi connectivity index (χ2v) is 16.7. The van der Waals surface area contributed by atoms with Gasteiger partial charge in [0.25, 0.3) is 0 Å². The number of unbranched alkanes of at least 4 members (excludes halogenated alkanes) is 8. The summed E-state index contributed by atoms with van der Waals surface area (Å²) in [5.74, 6) is 3.32. The molecule has 6 atom stereocenters. The first-order valence-electron chi connectivity index (χ1n) is 21.6. The first-order valence-corrected chi connectivity index (χ1v) is 21.6. The molecule has 2 aliphatic heterocycles. The molecule has 2 saturated heterocycles. The average Bonchev–Trinajstić information content (AvgIpc) is 3.58. The van der Waals surface area contributed by atoms with E-state index in [9.17, 15) is 9.59 Å². The lowest BCUT2D eigenvalue weighted by molar-refractivity contribution is -0.145. The highest BCUT2D eigenvalue weighted by Crippen LogP contribution is 2.60. The number of hydrogen-bond acceptors (Lipinski definition) is 6. The van der Waals surface area contributed by atoms with Crippen LogP contribution in [0.2, 0.25) is 0 Å². The van der Waals surface area contributed by atoms with Crippen LogP contribution in [0.5, 0.6) is 5.75 Å². The minimum Gasteiger partial charge on any atom is -0.465 e. The van der Waals surface area contributed by atoms with Crippen molar-refractivity contribution in [3.63, 3.8) is 0 Å². The third kappa shape index (κ3) is 13.1. The van der Waals surface area contributed by atoms with Crippen molar-refractivity contribution in [2.24, 2.45) is 17.3 Å². The van der Waals surface area contributed by atoms with E-state index < -0.39 is 0 Å². The third-order valence-electron chi connectivity index (χ3n) is 12.7. The fourth-order valence-corrected chi connectivity index (χ4v) is 9.42. The van der Waals surface area contributed by atoms with Crippen molar-refractivity contribution in [1.29, 1.82) is 0 Å². The summed E-state index contributed by atoms with van der Waals surface area (Å²) in [5, 5.41) is 0. The number of hydrogen-bond donors (Lipinski definition) is 0. The molecule has 0 spiro atoms. The summed E-state index contributed by atoms with van der Waals surface area (Å²) in [4.78, 5) is 26.6. The first-order chi connectivity index (χ1) is 25.3. The Kier molecular flexibility index (Phi) is 19.0. The molecule has 296 valence electrons. The Morgan fingerprint density at radius 3 is 2.13 bits per heavy atom. The lowest BCUT2D eigenvalue weighted by atomic mass is 9.55. The average molecular weight is 726 g/mol. The van der Waals surface area contributed by atoms with Crippen molar-refractivity contribution < 1.29 is 28.5 Å². The van der Waals surface area contributed by atoms with Crippen LogP contribution in [0, 0.1) is 17.3 Å². The Morgan fingerprint density at radius 2 is 1.50 bits per heavy atom.